The Balaban J connectivity index is 3.21. The molecule has 62 valence electrons. The Kier molecular flexibility index (Phi) is 3.25. The summed E-state index contributed by atoms with van der Waals surface area (Å²) in [5.41, 5.74) is 0.923. The lowest BCUT2D eigenvalue weighted by atomic mass is 10.1. The Morgan fingerprint density at radius 1 is 1.08 bits per heavy atom. The molecule has 0 saturated heterocycles. The molecule has 0 radical (unpaired) electrons. The van der Waals surface area contributed by atoms with Crippen LogP contribution in [-0.4, -0.2) is 0 Å². The van der Waals surface area contributed by atoms with E-state index in [2.05, 4.69) is 15.9 Å². The monoisotopic (exact) mass is 232 g/mol. The number of hydrogen-bond donors (Lipinski definition) is 0. The lowest BCUT2D eigenvalue weighted by Crippen LogP contribution is -1.80. The molecule has 0 unspecified atom stereocenters. The first-order chi connectivity index (χ1) is 6.29. The van der Waals surface area contributed by atoms with Gasteiger partial charge in [-0.15, -0.1) is 0 Å². The third kappa shape index (κ3) is 2.18. The van der Waals surface area contributed by atoms with Crippen LogP contribution in [0.1, 0.15) is 5.56 Å². The maximum absolute atomic E-state index is 8.60. The van der Waals surface area contributed by atoms with Crippen molar-refractivity contribution < 1.29 is 0 Å². The zero-order valence-corrected chi connectivity index (χ0v) is 8.25. The minimum absolute atomic E-state index is 0.0891. The fourth-order valence-electron chi connectivity index (χ4n) is 0.852. The lowest BCUT2D eigenvalue weighted by Gasteiger charge is -1.97. The second-order valence-electron chi connectivity index (χ2n) is 2.28. The van der Waals surface area contributed by atoms with Gasteiger partial charge in [0, 0.05) is 0 Å². The standard InChI is InChI=1S/C10H5BrN2/c11-10(9(6-12)7-13)8-4-2-1-3-5-8/h1-5H. The van der Waals surface area contributed by atoms with Crippen molar-refractivity contribution in [1.29, 1.82) is 10.5 Å². The van der Waals surface area contributed by atoms with E-state index in [1.54, 1.807) is 0 Å². The van der Waals surface area contributed by atoms with Crippen molar-refractivity contribution in [2.24, 2.45) is 0 Å². The highest BCUT2D eigenvalue weighted by Crippen LogP contribution is 2.24. The van der Waals surface area contributed by atoms with Gasteiger partial charge in [0.15, 0.2) is 0 Å². The fourth-order valence-corrected chi connectivity index (χ4v) is 1.29. The number of nitriles is 2. The molecular formula is C10H5BrN2. The molecule has 0 aliphatic rings. The van der Waals surface area contributed by atoms with E-state index in [0.717, 1.165) is 5.56 Å². The zero-order valence-electron chi connectivity index (χ0n) is 6.66. The summed E-state index contributed by atoms with van der Waals surface area (Å²) in [4.78, 5) is 0. The maximum atomic E-state index is 8.60. The second-order valence-corrected chi connectivity index (χ2v) is 3.07. The molecule has 0 atom stereocenters. The van der Waals surface area contributed by atoms with Crippen LogP contribution in [0.2, 0.25) is 0 Å². The van der Waals surface area contributed by atoms with Crippen molar-refractivity contribution in [3.05, 3.63) is 41.5 Å². The molecule has 0 heterocycles. The SMILES string of the molecule is N#CC(C#N)=C(Br)c1ccccc1. The van der Waals surface area contributed by atoms with Gasteiger partial charge in [-0.25, -0.2) is 0 Å². The van der Waals surface area contributed by atoms with Crippen molar-refractivity contribution in [1.82, 2.24) is 0 Å². The Bertz CT molecular complexity index is 391. The molecule has 3 heteroatoms. The second kappa shape index (κ2) is 4.45. The van der Waals surface area contributed by atoms with E-state index in [1.165, 1.54) is 0 Å². The molecule has 0 amide bonds. The molecule has 0 aromatic heterocycles. The number of hydrogen-bond acceptors (Lipinski definition) is 2. The summed E-state index contributed by atoms with van der Waals surface area (Å²) in [6.45, 7) is 0. The van der Waals surface area contributed by atoms with Gasteiger partial charge in [-0.05, 0) is 21.5 Å². The van der Waals surface area contributed by atoms with E-state index >= 15 is 0 Å². The summed E-state index contributed by atoms with van der Waals surface area (Å²) in [7, 11) is 0. The quantitative estimate of drug-likeness (QED) is 0.700. The van der Waals surface area contributed by atoms with Gasteiger partial charge in [0.2, 0.25) is 0 Å². The van der Waals surface area contributed by atoms with E-state index in [-0.39, 0.29) is 5.57 Å². The molecule has 1 rings (SSSR count). The van der Waals surface area contributed by atoms with Crippen molar-refractivity contribution in [3.8, 4) is 12.1 Å². The topological polar surface area (TPSA) is 47.6 Å². The highest BCUT2D eigenvalue weighted by molar-refractivity contribution is 9.15. The van der Waals surface area contributed by atoms with Gasteiger partial charge < -0.3 is 0 Å². The van der Waals surface area contributed by atoms with Crippen molar-refractivity contribution in [3.63, 3.8) is 0 Å². The van der Waals surface area contributed by atoms with E-state index in [9.17, 15) is 0 Å². The fraction of sp³-hybridized carbons (Fsp3) is 0. The van der Waals surface area contributed by atoms with Crippen LogP contribution >= 0.6 is 15.9 Å². The summed E-state index contributed by atoms with van der Waals surface area (Å²) in [6, 6.07) is 12.9. The van der Waals surface area contributed by atoms with E-state index in [4.69, 9.17) is 10.5 Å². The predicted octanol–water partition coefficient (Wildman–Crippen LogP) is 2.84. The smallest absolute Gasteiger partial charge is 0.144 e. The minimum Gasteiger partial charge on any atom is -0.192 e. The molecule has 1 aromatic rings. The molecule has 13 heavy (non-hydrogen) atoms. The van der Waals surface area contributed by atoms with Gasteiger partial charge in [0.05, 0.1) is 4.48 Å². The predicted molar refractivity (Wildman–Crippen MR) is 53.5 cm³/mol. The summed E-state index contributed by atoms with van der Waals surface area (Å²) < 4.78 is 0.540. The molecule has 0 N–H and O–H groups in total. The van der Waals surface area contributed by atoms with Crippen LogP contribution in [0, 0.1) is 22.7 Å². The number of allylic oxidation sites excluding steroid dienone is 1. The Labute approximate surface area is 84.9 Å². The average molecular weight is 233 g/mol. The summed E-state index contributed by atoms with van der Waals surface area (Å²) in [6.07, 6.45) is 0. The van der Waals surface area contributed by atoms with Crippen molar-refractivity contribution in [2.45, 2.75) is 0 Å². The third-order valence-corrected chi connectivity index (χ3v) is 2.32. The average Bonchev–Trinajstić information content (AvgIpc) is 2.21. The zero-order chi connectivity index (χ0) is 9.68. The Hall–Kier alpha value is -1.58. The molecule has 0 saturated carbocycles. The molecule has 0 bridgehead atoms. The van der Waals surface area contributed by atoms with Gasteiger partial charge in [0.1, 0.15) is 17.7 Å². The molecule has 1 aromatic carbocycles. The van der Waals surface area contributed by atoms with Crippen LogP contribution in [0.4, 0.5) is 0 Å². The largest absolute Gasteiger partial charge is 0.192 e. The maximum Gasteiger partial charge on any atom is 0.144 e. The lowest BCUT2D eigenvalue weighted by molar-refractivity contribution is 1.47. The Morgan fingerprint density at radius 2 is 1.62 bits per heavy atom. The van der Waals surface area contributed by atoms with Gasteiger partial charge in [-0.1, -0.05) is 30.3 Å². The highest BCUT2D eigenvalue weighted by atomic mass is 79.9. The van der Waals surface area contributed by atoms with Gasteiger partial charge in [0.25, 0.3) is 0 Å². The van der Waals surface area contributed by atoms with Crippen LogP contribution in [0.5, 0.6) is 0 Å². The van der Waals surface area contributed by atoms with E-state index in [1.807, 2.05) is 42.5 Å². The number of nitrogens with zero attached hydrogens (tertiary/aromatic N) is 2. The van der Waals surface area contributed by atoms with Crippen LogP contribution in [0.15, 0.2) is 35.9 Å². The number of benzene rings is 1. The van der Waals surface area contributed by atoms with Crippen LogP contribution in [0.25, 0.3) is 4.48 Å². The highest BCUT2D eigenvalue weighted by Gasteiger charge is 2.03. The molecular weight excluding hydrogens is 228 g/mol. The summed E-state index contributed by atoms with van der Waals surface area (Å²) in [5.74, 6) is 0. The summed E-state index contributed by atoms with van der Waals surface area (Å²) in [5, 5.41) is 17.2. The van der Waals surface area contributed by atoms with Crippen LogP contribution < -0.4 is 0 Å². The van der Waals surface area contributed by atoms with Crippen molar-refractivity contribution in [2.75, 3.05) is 0 Å². The van der Waals surface area contributed by atoms with E-state index < -0.39 is 0 Å². The molecule has 2 nitrogen and oxygen atoms in total. The number of rotatable bonds is 1. The third-order valence-electron chi connectivity index (χ3n) is 1.47. The first kappa shape index (κ1) is 9.51. The first-order valence-electron chi connectivity index (χ1n) is 3.55. The first-order valence-corrected chi connectivity index (χ1v) is 4.34. The minimum atomic E-state index is 0.0891. The van der Waals surface area contributed by atoms with Crippen molar-refractivity contribution >= 4 is 20.4 Å². The van der Waals surface area contributed by atoms with Crippen LogP contribution in [-0.2, 0) is 0 Å². The molecule has 0 fully saturated rings. The number of halogens is 1. The Morgan fingerprint density at radius 3 is 2.08 bits per heavy atom. The molecule has 0 spiro atoms. The van der Waals surface area contributed by atoms with E-state index in [0.29, 0.717) is 4.48 Å². The van der Waals surface area contributed by atoms with Gasteiger partial charge in [-0.3, -0.25) is 0 Å². The van der Waals surface area contributed by atoms with Gasteiger partial charge in [-0.2, -0.15) is 10.5 Å². The summed E-state index contributed by atoms with van der Waals surface area (Å²) >= 11 is 3.21. The van der Waals surface area contributed by atoms with Crippen LogP contribution in [0.3, 0.4) is 0 Å². The molecule has 0 aliphatic carbocycles. The van der Waals surface area contributed by atoms with Gasteiger partial charge >= 0.3 is 0 Å². The normalized spacial score (nSPS) is 8.23. The molecule has 0 aliphatic heterocycles.